The van der Waals surface area contributed by atoms with Crippen LogP contribution in [0.2, 0.25) is 0 Å². The maximum absolute atomic E-state index is 6.13. The summed E-state index contributed by atoms with van der Waals surface area (Å²) in [7, 11) is 0. The molecule has 108 valence electrons. The average Bonchev–Trinajstić information content (AvgIpc) is 2.48. The largest absolute Gasteiger partial charge is 0.455 e. The molecule has 0 aliphatic heterocycles. The lowest BCUT2D eigenvalue weighted by atomic mass is 10.1. The quantitative estimate of drug-likeness (QED) is 0.341. The second-order valence-corrected chi connectivity index (χ2v) is 6.70. The van der Waals surface area contributed by atoms with Crippen LogP contribution in [-0.2, 0) is 12.8 Å². The van der Waals surface area contributed by atoms with Gasteiger partial charge < -0.3 is 4.74 Å². The van der Waals surface area contributed by atoms with Gasteiger partial charge >= 0.3 is 0 Å². The summed E-state index contributed by atoms with van der Waals surface area (Å²) in [4.78, 5) is 0. The van der Waals surface area contributed by atoms with Crippen LogP contribution in [0.25, 0.3) is 0 Å². The zero-order valence-electron chi connectivity index (χ0n) is 11.6. The first-order chi connectivity index (χ1) is 10.2. The fraction of sp³-hybridized carbons (Fsp3) is 0.111. The van der Waals surface area contributed by atoms with Crippen LogP contribution in [0.4, 0.5) is 0 Å². The maximum Gasteiger partial charge on any atom is 0.141 e. The standard InChI is InChI=1S/C18H16I2O/c1-3-7-13-9-5-11-15(17(13)19)21-16-12-6-10-14(8-4-2)18(16)20/h3-6,9-12H,1-2,7-8H2. The van der Waals surface area contributed by atoms with Gasteiger partial charge in [0.05, 0.1) is 7.14 Å². The Hall–Kier alpha value is -0.820. The van der Waals surface area contributed by atoms with Crippen molar-refractivity contribution in [1.82, 2.24) is 0 Å². The van der Waals surface area contributed by atoms with Crippen molar-refractivity contribution in [3.8, 4) is 11.5 Å². The van der Waals surface area contributed by atoms with Gasteiger partial charge in [0.25, 0.3) is 0 Å². The normalized spacial score (nSPS) is 10.2. The van der Waals surface area contributed by atoms with Crippen LogP contribution in [0.5, 0.6) is 11.5 Å². The fourth-order valence-corrected chi connectivity index (χ4v) is 3.39. The fourth-order valence-electron chi connectivity index (χ4n) is 2.01. The minimum absolute atomic E-state index is 0.850. The first kappa shape index (κ1) is 16.5. The third kappa shape index (κ3) is 4.10. The summed E-state index contributed by atoms with van der Waals surface area (Å²) in [6.45, 7) is 7.60. The monoisotopic (exact) mass is 502 g/mol. The highest BCUT2D eigenvalue weighted by molar-refractivity contribution is 14.1. The Morgan fingerprint density at radius 2 is 1.24 bits per heavy atom. The van der Waals surface area contributed by atoms with Crippen molar-refractivity contribution in [2.75, 3.05) is 0 Å². The number of hydrogen-bond acceptors (Lipinski definition) is 1. The average molecular weight is 502 g/mol. The zero-order valence-corrected chi connectivity index (χ0v) is 15.9. The van der Waals surface area contributed by atoms with Crippen LogP contribution in [-0.4, -0.2) is 0 Å². The van der Waals surface area contributed by atoms with E-state index in [4.69, 9.17) is 4.74 Å². The lowest BCUT2D eigenvalue weighted by molar-refractivity contribution is 0.474. The third-order valence-corrected chi connectivity index (χ3v) is 5.48. The number of hydrogen-bond donors (Lipinski definition) is 0. The van der Waals surface area contributed by atoms with Crippen molar-refractivity contribution < 1.29 is 4.74 Å². The van der Waals surface area contributed by atoms with E-state index in [2.05, 4.69) is 70.5 Å². The SMILES string of the molecule is C=CCc1cccc(Oc2cccc(CC=C)c2I)c1I. The van der Waals surface area contributed by atoms with E-state index in [-0.39, 0.29) is 0 Å². The molecule has 0 amide bonds. The first-order valence-corrected chi connectivity index (χ1v) is 8.77. The molecule has 0 radical (unpaired) electrons. The molecule has 0 fully saturated rings. The summed E-state index contributed by atoms with van der Waals surface area (Å²) in [6, 6.07) is 12.3. The summed E-state index contributed by atoms with van der Waals surface area (Å²) >= 11 is 4.67. The zero-order chi connectivity index (χ0) is 15.2. The molecule has 1 nitrogen and oxygen atoms in total. The molecule has 21 heavy (non-hydrogen) atoms. The van der Waals surface area contributed by atoms with Gasteiger partial charge in [-0.1, -0.05) is 36.4 Å². The van der Waals surface area contributed by atoms with Gasteiger partial charge in [0.15, 0.2) is 0 Å². The Balaban J connectivity index is 2.34. The van der Waals surface area contributed by atoms with Crippen LogP contribution in [0.1, 0.15) is 11.1 Å². The van der Waals surface area contributed by atoms with E-state index in [0.717, 1.165) is 31.5 Å². The number of rotatable bonds is 6. The molecule has 0 aliphatic carbocycles. The Morgan fingerprint density at radius 1 is 0.810 bits per heavy atom. The predicted octanol–water partition coefficient (Wildman–Crippen LogP) is 6.15. The molecule has 2 aromatic carbocycles. The summed E-state index contributed by atoms with van der Waals surface area (Å²) < 4.78 is 8.41. The van der Waals surface area contributed by atoms with E-state index in [1.54, 1.807) is 0 Å². The summed E-state index contributed by atoms with van der Waals surface area (Å²) in [5.74, 6) is 1.78. The Kier molecular flexibility index (Phi) is 6.29. The number of benzene rings is 2. The van der Waals surface area contributed by atoms with E-state index in [0.29, 0.717) is 0 Å². The van der Waals surface area contributed by atoms with Crippen LogP contribution in [0, 0.1) is 7.14 Å². The molecule has 0 aliphatic rings. The molecular formula is C18H16I2O. The smallest absolute Gasteiger partial charge is 0.141 e. The van der Waals surface area contributed by atoms with Gasteiger partial charge in [0.2, 0.25) is 0 Å². The van der Waals surface area contributed by atoms with Gasteiger partial charge in [-0.25, -0.2) is 0 Å². The third-order valence-electron chi connectivity index (χ3n) is 3.03. The second-order valence-electron chi connectivity index (χ2n) is 4.55. The Bertz CT molecular complexity index is 605. The molecule has 0 heterocycles. The Morgan fingerprint density at radius 3 is 1.62 bits per heavy atom. The van der Waals surface area contributed by atoms with Gasteiger partial charge in [-0.05, 0) is 81.3 Å². The predicted molar refractivity (Wildman–Crippen MR) is 106 cm³/mol. The van der Waals surface area contributed by atoms with Gasteiger partial charge in [0.1, 0.15) is 11.5 Å². The van der Waals surface area contributed by atoms with Crippen LogP contribution in [0.15, 0.2) is 61.7 Å². The molecule has 0 aromatic heterocycles. The van der Waals surface area contributed by atoms with Crippen molar-refractivity contribution >= 4 is 45.2 Å². The van der Waals surface area contributed by atoms with Gasteiger partial charge in [0, 0.05) is 0 Å². The highest BCUT2D eigenvalue weighted by Gasteiger charge is 2.10. The van der Waals surface area contributed by atoms with Gasteiger partial charge in [-0.15, -0.1) is 13.2 Å². The van der Waals surface area contributed by atoms with Crippen LogP contribution in [0.3, 0.4) is 0 Å². The molecule has 0 atom stereocenters. The molecule has 2 aromatic rings. The molecule has 0 saturated carbocycles. The maximum atomic E-state index is 6.13. The number of allylic oxidation sites excluding steroid dienone is 2. The molecule has 0 unspecified atom stereocenters. The van der Waals surface area contributed by atoms with Crippen molar-refractivity contribution in [2.45, 2.75) is 12.8 Å². The van der Waals surface area contributed by atoms with E-state index in [9.17, 15) is 0 Å². The van der Waals surface area contributed by atoms with E-state index in [1.807, 2.05) is 36.4 Å². The molecule has 0 bridgehead atoms. The lowest BCUT2D eigenvalue weighted by Crippen LogP contribution is -1.96. The van der Waals surface area contributed by atoms with Crippen molar-refractivity contribution in [2.24, 2.45) is 0 Å². The van der Waals surface area contributed by atoms with Gasteiger partial charge in [-0.3, -0.25) is 0 Å². The lowest BCUT2D eigenvalue weighted by Gasteiger charge is -2.13. The minimum atomic E-state index is 0.850. The van der Waals surface area contributed by atoms with Crippen LogP contribution >= 0.6 is 45.2 Å². The van der Waals surface area contributed by atoms with E-state index in [1.165, 1.54) is 11.1 Å². The number of ether oxygens (including phenoxy) is 1. The van der Waals surface area contributed by atoms with Crippen molar-refractivity contribution in [3.63, 3.8) is 0 Å². The second kappa shape index (κ2) is 7.98. The molecule has 0 saturated heterocycles. The van der Waals surface area contributed by atoms with Crippen molar-refractivity contribution in [1.29, 1.82) is 0 Å². The first-order valence-electron chi connectivity index (χ1n) is 6.61. The van der Waals surface area contributed by atoms with E-state index < -0.39 is 0 Å². The van der Waals surface area contributed by atoms with E-state index >= 15 is 0 Å². The highest BCUT2D eigenvalue weighted by atomic mass is 127. The molecule has 3 heteroatoms. The topological polar surface area (TPSA) is 9.23 Å². The highest BCUT2D eigenvalue weighted by Crippen LogP contribution is 2.33. The molecule has 0 spiro atoms. The summed E-state index contributed by atoms with van der Waals surface area (Å²) in [5, 5.41) is 0. The Labute approximate surface area is 153 Å². The van der Waals surface area contributed by atoms with Crippen LogP contribution < -0.4 is 4.74 Å². The molecule has 2 rings (SSSR count). The van der Waals surface area contributed by atoms with Gasteiger partial charge in [-0.2, -0.15) is 0 Å². The summed E-state index contributed by atoms with van der Waals surface area (Å²) in [6.07, 6.45) is 5.53. The molecular weight excluding hydrogens is 486 g/mol. The number of halogens is 2. The van der Waals surface area contributed by atoms with Crippen molar-refractivity contribution in [3.05, 3.63) is 80.0 Å². The minimum Gasteiger partial charge on any atom is -0.455 e. The summed E-state index contributed by atoms with van der Waals surface area (Å²) in [5.41, 5.74) is 2.47. The molecule has 0 N–H and O–H groups in total.